The monoisotopic (exact) mass is 1640 g/mol. The van der Waals surface area contributed by atoms with Crippen molar-refractivity contribution in [3.8, 4) is 0 Å². The van der Waals surface area contributed by atoms with Gasteiger partial charge >= 0.3 is 0 Å². The maximum absolute atomic E-state index is 13.5. The molecule has 2 aliphatic rings. The van der Waals surface area contributed by atoms with Gasteiger partial charge in [0.1, 0.15) is 0 Å². The van der Waals surface area contributed by atoms with Crippen molar-refractivity contribution in [3.63, 3.8) is 0 Å². The van der Waals surface area contributed by atoms with Gasteiger partial charge in [-0.3, -0.25) is 19.2 Å². The smallest absolute Gasteiger partial charge is 0.233 e. The second-order valence-electron chi connectivity index (χ2n) is 31.9. The predicted molar refractivity (Wildman–Crippen MR) is 488 cm³/mol. The molecule has 0 spiro atoms. The van der Waals surface area contributed by atoms with E-state index in [-0.39, 0.29) is 0 Å². The van der Waals surface area contributed by atoms with Gasteiger partial charge in [0.25, 0.3) is 0 Å². The molecule has 0 fully saturated rings. The number of rotatable bonds is 47. The summed E-state index contributed by atoms with van der Waals surface area (Å²) in [5, 5.41) is 7.74. The second-order valence-corrected chi connectivity index (χ2v) is 33.8. The summed E-state index contributed by atoms with van der Waals surface area (Å²) >= 11 is 6.57. The number of hydrogen-bond acceptors (Lipinski definition) is 8. The van der Waals surface area contributed by atoms with Crippen LogP contribution in [0.3, 0.4) is 0 Å². The lowest BCUT2D eigenvalue weighted by Gasteiger charge is -2.40. The number of aryl methyl sites for hydroxylation is 9. The van der Waals surface area contributed by atoms with Gasteiger partial charge in [0.2, 0.25) is 23.1 Å². The molecule has 2 N–H and O–H groups in total. The molecule has 0 saturated carbocycles. The number of Topliss-reactive ketones (excluding diaryl/α,β-unsaturated/α-hetero) is 4. The number of ketones is 4. The number of unbranched alkanes of at least 4 members (excludes halogenated alkanes) is 24. The summed E-state index contributed by atoms with van der Waals surface area (Å²) < 4.78 is 1.74. The molecule has 8 nitrogen and oxygen atoms in total. The van der Waals surface area contributed by atoms with Gasteiger partial charge in [-0.15, -0.1) is 0 Å². The van der Waals surface area contributed by atoms with E-state index in [0.717, 1.165) is 45.9 Å². The van der Waals surface area contributed by atoms with Gasteiger partial charge in [-0.05, 0) is 275 Å². The van der Waals surface area contributed by atoms with Crippen LogP contribution in [0.1, 0.15) is 352 Å². The maximum Gasteiger partial charge on any atom is 0.233 e. The number of benzene rings is 8. The largest absolute Gasteiger partial charge is 0.352 e. The van der Waals surface area contributed by atoms with Crippen LogP contribution < -0.4 is 20.4 Å². The highest BCUT2D eigenvalue weighted by Gasteiger charge is 2.32. The summed E-state index contributed by atoms with van der Waals surface area (Å²) in [5.74, 6) is -1.93. The molecule has 10 rings (SSSR count). The fraction of sp³-hybridized carbons (Fsp3) is 0.490. The van der Waals surface area contributed by atoms with Crippen molar-refractivity contribution in [2.45, 2.75) is 319 Å². The Labute approximate surface area is 694 Å². The van der Waals surface area contributed by atoms with Crippen LogP contribution in [-0.2, 0) is 51.4 Å². The SMILES string of the molecule is CCCCCCc1cc2c(cc1CCCCCC)N(c1ccc(C(=O)C(=O)c3ccc(C)cc3)cc1)c1cc(CCCCCC)c(CCCCCC)cc1N2C.CCCCCCc1cc2c(cc1CCCCCC)Nc1cc(CCCCCC)c(CCCCCC)cc1N2.O=C(C(=O)c1ccc(Br)cc1)c1ccc(Br)cc1. The standard InChI is InChI=1S/C52H70N2O2.C36H58N2.C14H8Br2O2/c1-7-11-15-19-23-42-35-47-49(37-44(42)25-21-17-13-9-3)54(46-33-31-41(32-34-46)52(56)51(55)40-29-27-39(5)28-30-40)50-38-45(26-22-18-14-10-4)43(24-20-16-12-8-2)36-48(50)53(47)6;1-5-9-13-17-21-29-25-33-34(26-30(29)22-18-14-10-6-2)38-36-28-32(24-20-16-12-8-4)31(27-35(36)37-33)23-19-15-11-7-3;15-11-5-1-9(2-6-11)13(17)14(18)10-3-7-12(16)8-4-10/h27-38H,7-26H2,1-6H3;25-28,37-38H,5-24H2,1-4H3;1-8H. The number of carbonyl (C=O) groups excluding carboxylic acids is 4. The normalized spacial score (nSPS) is 11.8. The van der Waals surface area contributed by atoms with Gasteiger partial charge in [0, 0.05) is 43.9 Å². The van der Waals surface area contributed by atoms with E-state index in [4.69, 9.17) is 0 Å². The minimum Gasteiger partial charge on any atom is -0.352 e. The molecule has 0 aromatic heterocycles. The van der Waals surface area contributed by atoms with E-state index in [2.05, 4.69) is 163 Å². The van der Waals surface area contributed by atoms with Crippen molar-refractivity contribution < 1.29 is 19.2 Å². The van der Waals surface area contributed by atoms with E-state index in [1.54, 1.807) is 82.9 Å². The van der Waals surface area contributed by atoms with Crippen LogP contribution in [-0.4, -0.2) is 30.2 Å². The molecule has 0 bridgehead atoms. The molecule has 2 heterocycles. The Morgan fingerprint density at radius 3 is 0.705 bits per heavy atom. The zero-order chi connectivity index (χ0) is 80.0. The van der Waals surface area contributed by atoms with E-state index >= 15 is 0 Å². The molecule has 0 aliphatic carbocycles. The van der Waals surface area contributed by atoms with Gasteiger partial charge in [-0.1, -0.05) is 271 Å². The first-order chi connectivity index (χ1) is 54.6. The fourth-order valence-corrected chi connectivity index (χ4v) is 16.4. The summed E-state index contributed by atoms with van der Waals surface area (Å²) in [6.45, 7) is 20.4. The van der Waals surface area contributed by atoms with Crippen LogP contribution in [0, 0.1) is 6.92 Å². The minimum atomic E-state index is -0.496. The highest BCUT2D eigenvalue weighted by atomic mass is 79.9. The quantitative estimate of drug-likeness (QED) is 0.0221. The molecule has 2 aliphatic heterocycles. The number of carbonyl (C=O) groups is 4. The average Bonchev–Trinajstić information content (AvgIpc) is 0.726. The first kappa shape index (κ1) is 90.1. The first-order valence-corrected chi connectivity index (χ1v) is 45.7. The van der Waals surface area contributed by atoms with Crippen LogP contribution in [0.25, 0.3) is 0 Å². The molecule has 0 saturated heterocycles. The zero-order valence-electron chi connectivity index (χ0n) is 70.4. The Kier molecular flexibility index (Phi) is 39.7. The van der Waals surface area contributed by atoms with E-state index in [1.807, 2.05) is 43.3 Å². The Bertz CT molecular complexity index is 3910. The molecule has 0 atom stereocenters. The maximum atomic E-state index is 13.5. The number of halogens is 2. The zero-order valence-corrected chi connectivity index (χ0v) is 73.6. The van der Waals surface area contributed by atoms with Gasteiger partial charge < -0.3 is 20.4 Å². The number of hydrogen-bond donors (Lipinski definition) is 2. The molecule has 0 amide bonds. The van der Waals surface area contributed by atoms with Crippen molar-refractivity contribution in [1.29, 1.82) is 0 Å². The summed E-state index contributed by atoms with van der Waals surface area (Å²) in [6, 6.07) is 48.4. The number of fused-ring (bicyclic) bond motifs is 4. The average molecular weight is 1640 g/mol. The lowest BCUT2D eigenvalue weighted by atomic mass is 9.91. The van der Waals surface area contributed by atoms with Crippen molar-refractivity contribution in [1.82, 2.24) is 0 Å². The van der Waals surface area contributed by atoms with Gasteiger partial charge in [0.05, 0.1) is 45.5 Å². The molecule has 10 heteroatoms. The fourth-order valence-electron chi connectivity index (χ4n) is 15.8. The summed E-state index contributed by atoms with van der Waals surface area (Å²) in [6.07, 6.45) is 50.5. The summed E-state index contributed by atoms with van der Waals surface area (Å²) in [5.41, 5.74) is 25.9. The first-order valence-electron chi connectivity index (χ1n) is 44.1. The minimum absolute atomic E-state index is 0.395. The highest BCUT2D eigenvalue weighted by Crippen LogP contribution is 2.53. The van der Waals surface area contributed by atoms with Crippen molar-refractivity contribution in [2.24, 2.45) is 0 Å². The van der Waals surface area contributed by atoms with E-state index in [1.165, 1.54) is 299 Å². The molecular weight excluding hydrogens is 1500 g/mol. The lowest BCUT2D eigenvalue weighted by molar-refractivity contribution is 0.0817. The van der Waals surface area contributed by atoms with Crippen molar-refractivity contribution in [3.05, 3.63) is 227 Å². The molecule has 0 radical (unpaired) electrons. The van der Waals surface area contributed by atoms with Gasteiger partial charge in [-0.25, -0.2) is 0 Å². The second kappa shape index (κ2) is 49.4. The topological polar surface area (TPSA) is 98.8 Å². The van der Waals surface area contributed by atoms with Gasteiger partial charge in [0.15, 0.2) is 0 Å². The van der Waals surface area contributed by atoms with Crippen LogP contribution in [0.15, 0.2) is 155 Å². The van der Waals surface area contributed by atoms with E-state index in [9.17, 15) is 19.2 Å². The summed E-state index contributed by atoms with van der Waals surface area (Å²) in [4.78, 5) is 55.6. The Morgan fingerprint density at radius 1 is 0.268 bits per heavy atom. The summed E-state index contributed by atoms with van der Waals surface area (Å²) in [7, 11) is 2.26. The van der Waals surface area contributed by atoms with E-state index in [0.29, 0.717) is 22.3 Å². The van der Waals surface area contributed by atoms with Crippen molar-refractivity contribution >= 4 is 106 Å². The molecule has 112 heavy (non-hydrogen) atoms. The Balaban J connectivity index is 0.000000240. The predicted octanol–water partition coefficient (Wildman–Crippen LogP) is 31.4. The third-order valence-corrected chi connectivity index (χ3v) is 23.8. The van der Waals surface area contributed by atoms with Crippen LogP contribution >= 0.6 is 31.9 Å². The lowest BCUT2D eigenvalue weighted by Crippen LogP contribution is -2.25. The van der Waals surface area contributed by atoms with Crippen LogP contribution in [0.5, 0.6) is 0 Å². The third-order valence-electron chi connectivity index (χ3n) is 22.7. The molecular formula is C102H136Br2N4O4. The molecule has 602 valence electrons. The highest BCUT2D eigenvalue weighted by molar-refractivity contribution is 9.10. The Morgan fingerprint density at radius 2 is 0.473 bits per heavy atom. The van der Waals surface area contributed by atoms with Crippen LogP contribution in [0.2, 0.25) is 0 Å². The Hall–Kier alpha value is -7.40. The molecule has 8 aromatic rings. The molecule has 0 unspecified atom stereocenters. The molecule has 8 aromatic carbocycles. The number of anilines is 9. The number of nitrogens with one attached hydrogen (secondary N) is 2. The van der Waals surface area contributed by atoms with Crippen LogP contribution in [0.4, 0.5) is 51.2 Å². The van der Waals surface area contributed by atoms with Crippen molar-refractivity contribution in [2.75, 3.05) is 27.5 Å². The van der Waals surface area contributed by atoms with E-state index < -0.39 is 23.1 Å². The van der Waals surface area contributed by atoms with Gasteiger partial charge in [-0.2, -0.15) is 0 Å². The number of nitrogens with zero attached hydrogens (tertiary/aromatic N) is 2. The third kappa shape index (κ3) is 27.4.